The van der Waals surface area contributed by atoms with Crippen LogP contribution in [0.4, 0.5) is 21.9 Å². The molecule has 0 radical (unpaired) electrons. The van der Waals surface area contributed by atoms with Crippen LogP contribution in [0.3, 0.4) is 0 Å². The summed E-state index contributed by atoms with van der Waals surface area (Å²) in [7, 11) is 0. The van der Waals surface area contributed by atoms with Gasteiger partial charge in [-0.05, 0) is 92.0 Å². The van der Waals surface area contributed by atoms with Crippen molar-refractivity contribution in [2.75, 3.05) is 54.8 Å². The first kappa shape index (κ1) is 34.8. The molecule has 0 aromatic heterocycles. The summed E-state index contributed by atoms with van der Waals surface area (Å²) in [5.74, 6) is -0.515. The van der Waals surface area contributed by atoms with Gasteiger partial charge in [0.05, 0.1) is 15.7 Å². The fourth-order valence-corrected chi connectivity index (χ4v) is 6.51. The summed E-state index contributed by atoms with van der Waals surface area (Å²) in [6.45, 7) is 5.52. The highest BCUT2D eigenvalue weighted by Gasteiger charge is 2.23. The van der Waals surface area contributed by atoms with E-state index in [2.05, 4.69) is 20.4 Å². The molecule has 0 saturated carbocycles. The number of piperidine rings is 1. The summed E-state index contributed by atoms with van der Waals surface area (Å²) in [6, 6.07) is 18.3. The Morgan fingerprint density at radius 3 is 2.04 bits per heavy atom. The zero-order valence-corrected chi connectivity index (χ0v) is 28.5. The number of esters is 1. The van der Waals surface area contributed by atoms with Crippen LogP contribution in [-0.2, 0) is 27.5 Å². The number of rotatable bonds is 11. The summed E-state index contributed by atoms with van der Waals surface area (Å²) in [6.07, 6.45) is 4.46. The Hall–Kier alpha value is -3.50. The van der Waals surface area contributed by atoms with Crippen LogP contribution in [0.5, 0.6) is 0 Å². The van der Waals surface area contributed by atoms with Gasteiger partial charge in [-0.25, -0.2) is 4.79 Å². The summed E-state index contributed by atoms with van der Waals surface area (Å²) >= 11 is 19.0. The molecule has 3 amide bonds. The van der Waals surface area contributed by atoms with Gasteiger partial charge < -0.3 is 25.2 Å². The zero-order valence-electron chi connectivity index (χ0n) is 26.3. The smallest absolute Gasteiger partial charge is 0.322 e. The topological polar surface area (TPSA) is 94.2 Å². The predicted octanol–water partition coefficient (Wildman–Crippen LogP) is 7.84. The van der Waals surface area contributed by atoms with Crippen molar-refractivity contribution in [3.63, 3.8) is 0 Å². The number of halogens is 3. The Kier molecular flexibility index (Phi) is 12.6. The van der Waals surface area contributed by atoms with E-state index in [-0.39, 0.29) is 37.4 Å². The Balaban J connectivity index is 1.01. The minimum Gasteiger partial charge on any atom is -0.461 e. The lowest BCUT2D eigenvalue weighted by molar-refractivity contribution is -0.145. The average molecular weight is 701 g/mol. The number of ether oxygens (including phenoxy) is 1. The molecular weight excluding hydrogens is 661 g/mol. The highest BCUT2D eigenvalue weighted by molar-refractivity contribution is 6.39. The number of nitrogens with zero attached hydrogens (tertiary/aromatic N) is 3. The van der Waals surface area contributed by atoms with E-state index in [1.54, 1.807) is 29.2 Å². The summed E-state index contributed by atoms with van der Waals surface area (Å²) in [5, 5.41) is 7.30. The molecule has 2 N–H and O–H groups in total. The third kappa shape index (κ3) is 10.5. The molecule has 3 aromatic carbocycles. The number of nitrogens with one attached hydrogen (secondary N) is 2. The fourth-order valence-electron chi connectivity index (χ4n) is 5.75. The lowest BCUT2D eigenvalue weighted by Gasteiger charge is -2.36. The number of carbonyl (C=O) groups excluding carboxylic acids is 3. The molecule has 0 bridgehead atoms. The van der Waals surface area contributed by atoms with Crippen molar-refractivity contribution in [2.45, 2.75) is 51.7 Å². The maximum Gasteiger partial charge on any atom is 0.322 e. The van der Waals surface area contributed by atoms with Crippen LogP contribution >= 0.6 is 34.8 Å². The first-order chi connectivity index (χ1) is 22.7. The minimum absolute atomic E-state index is 0.162. The van der Waals surface area contributed by atoms with E-state index in [0.717, 1.165) is 36.4 Å². The molecule has 9 nitrogen and oxygen atoms in total. The molecule has 0 unspecified atom stereocenters. The standard InChI is InChI=1S/C35H40Cl3N5O4/c36-27-9-7-25(8-10-27)24-47-33(45)6-4-5-32(44)39-28-11-13-29(14-12-28)42-17-19-43(20-18-42)35(46)40-34-30(37)21-26(22-31(34)38)23-41-15-2-1-3-16-41/h7-14,21-22H,1-6,15-20,23-24H2,(H,39,44)(H,40,46). The fraction of sp³-hybridized carbons (Fsp3) is 0.400. The summed E-state index contributed by atoms with van der Waals surface area (Å²) < 4.78 is 5.26. The predicted molar refractivity (Wildman–Crippen MR) is 189 cm³/mol. The van der Waals surface area contributed by atoms with Crippen LogP contribution in [0, 0.1) is 0 Å². The Labute approximate surface area is 291 Å². The molecule has 0 atom stereocenters. The van der Waals surface area contributed by atoms with E-state index < -0.39 is 0 Å². The number of urea groups is 1. The lowest BCUT2D eigenvalue weighted by Crippen LogP contribution is -2.50. The van der Waals surface area contributed by atoms with Gasteiger partial charge in [-0.15, -0.1) is 0 Å². The largest absolute Gasteiger partial charge is 0.461 e. The van der Waals surface area contributed by atoms with Gasteiger partial charge in [0, 0.05) is 62.0 Å². The number of benzene rings is 3. The third-order valence-corrected chi connectivity index (χ3v) is 9.22. The van der Waals surface area contributed by atoms with Gasteiger partial charge in [-0.3, -0.25) is 14.5 Å². The van der Waals surface area contributed by atoms with E-state index in [0.29, 0.717) is 59.0 Å². The third-order valence-electron chi connectivity index (χ3n) is 8.37. The van der Waals surface area contributed by atoms with Crippen molar-refractivity contribution in [2.24, 2.45) is 0 Å². The number of carbonyl (C=O) groups is 3. The molecule has 0 aliphatic carbocycles. The molecule has 12 heteroatoms. The summed E-state index contributed by atoms with van der Waals surface area (Å²) in [5.41, 5.74) is 4.02. The normalized spacial score (nSPS) is 15.3. The second kappa shape index (κ2) is 17.1. The van der Waals surface area contributed by atoms with Crippen molar-refractivity contribution in [1.82, 2.24) is 9.80 Å². The van der Waals surface area contributed by atoms with E-state index in [1.807, 2.05) is 36.4 Å². The maximum absolute atomic E-state index is 13.1. The highest BCUT2D eigenvalue weighted by atomic mass is 35.5. The molecule has 2 aliphatic rings. The zero-order chi connectivity index (χ0) is 33.2. The highest BCUT2D eigenvalue weighted by Crippen LogP contribution is 2.33. The van der Waals surface area contributed by atoms with Crippen molar-refractivity contribution >= 4 is 69.8 Å². The van der Waals surface area contributed by atoms with Gasteiger partial charge in [0.2, 0.25) is 5.91 Å². The Bertz CT molecular complexity index is 1500. The van der Waals surface area contributed by atoms with E-state index >= 15 is 0 Å². The average Bonchev–Trinajstić information content (AvgIpc) is 3.07. The number of piperazine rings is 1. The SMILES string of the molecule is O=C(CCCC(=O)OCc1ccc(Cl)cc1)Nc1ccc(N2CCN(C(=O)Nc3c(Cl)cc(CN4CCCCC4)cc3Cl)CC2)cc1. The van der Waals surface area contributed by atoms with Crippen LogP contribution in [0.2, 0.25) is 15.1 Å². The number of hydrogen-bond acceptors (Lipinski definition) is 6. The monoisotopic (exact) mass is 699 g/mol. The lowest BCUT2D eigenvalue weighted by atomic mass is 10.1. The maximum atomic E-state index is 13.1. The van der Waals surface area contributed by atoms with Crippen LogP contribution in [0.1, 0.15) is 49.7 Å². The van der Waals surface area contributed by atoms with Gasteiger partial charge >= 0.3 is 12.0 Å². The van der Waals surface area contributed by atoms with Crippen LogP contribution in [-0.4, -0.2) is 67.0 Å². The Morgan fingerprint density at radius 1 is 0.723 bits per heavy atom. The number of anilines is 3. The number of hydrogen-bond donors (Lipinski definition) is 2. The van der Waals surface area contributed by atoms with E-state index in [4.69, 9.17) is 39.5 Å². The van der Waals surface area contributed by atoms with Gasteiger partial charge in [0.25, 0.3) is 0 Å². The van der Waals surface area contributed by atoms with Gasteiger partial charge in [-0.1, -0.05) is 53.4 Å². The molecule has 0 spiro atoms. The quantitative estimate of drug-likeness (QED) is 0.198. The molecule has 3 aromatic rings. The van der Waals surface area contributed by atoms with E-state index in [9.17, 15) is 14.4 Å². The second-order valence-electron chi connectivity index (χ2n) is 11.9. The molecule has 47 heavy (non-hydrogen) atoms. The van der Waals surface area contributed by atoms with Crippen LogP contribution < -0.4 is 15.5 Å². The Morgan fingerprint density at radius 2 is 1.38 bits per heavy atom. The van der Waals surface area contributed by atoms with Crippen molar-refractivity contribution in [1.29, 1.82) is 0 Å². The van der Waals surface area contributed by atoms with Crippen molar-refractivity contribution < 1.29 is 19.1 Å². The van der Waals surface area contributed by atoms with Gasteiger partial charge in [0.15, 0.2) is 0 Å². The number of amides is 3. The van der Waals surface area contributed by atoms with Gasteiger partial charge in [-0.2, -0.15) is 0 Å². The molecule has 2 heterocycles. The van der Waals surface area contributed by atoms with Crippen molar-refractivity contribution in [3.05, 3.63) is 86.9 Å². The van der Waals surface area contributed by atoms with Crippen molar-refractivity contribution in [3.8, 4) is 0 Å². The van der Waals surface area contributed by atoms with Crippen LogP contribution in [0.15, 0.2) is 60.7 Å². The minimum atomic E-state index is -0.348. The van der Waals surface area contributed by atoms with E-state index in [1.165, 1.54) is 19.3 Å². The van der Waals surface area contributed by atoms with Crippen LogP contribution in [0.25, 0.3) is 0 Å². The summed E-state index contributed by atoms with van der Waals surface area (Å²) in [4.78, 5) is 43.9. The number of likely N-dealkylation sites (tertiary alicyclic amines) is 1. The first-order valence-electron chi connectivity index (χ1n) is 16.0. The molecule has 2 aliphatic heterocycles. The molecular formula is C35H40Cl3N5O4. The first-order valence-corrected chi connectivity index (χ1v) is 17.2. The second-order valence-corrected chi connectivity index (χ2v) is 13.2. The molecule has 5 rings (SSSR count). The molecule has 250 valence electrons. The molecule has 2 fully saturated rings. The molecule has 2 saturated heterocycles. The van der Waals surface area contributed by atoms with Gasteiger partial charge in [0.1, 0.15) is 6.61 Å².